The van der Waals surface area contributed by atoms with Crippen LogP contribution in [0.1, 0.15) is 19.4 Å². The van der Waals surface area contributed by atoms with Gasteiger partial charge in [-0.05, 0) is 42.3 Å². The van der Waals surface area contributed by atoms with Crippen molar-refractivity contribution in [2.24, 2.45) is 0 Å². The van der Waals surface area contributed by atoms with Gasteiger partial charge in [-0.3, -0.25) is 9.59 Å². The summed E-state index contributed by atoms with van der Waals surface area (Å²) in [6, 6.07) is 11.2. The van der Waals surface area contributed by atoms with Crippen molar-refractivity contribution in [2.75, 3.05) is 32.1 Å². The Bertz CT molecular complexity index is 1020. The van der Waals surface area contributed by atoms with Crippen LogP contribution in [0.5, 0.6) is 5.75 Å². The Hall–Kier alpha value is -2.62. The number of carbonyl (C=O) groups is 2. The van der Waals surface area contributed by atoms with Crippen LogP contribution >= 0.6 is 11.6 Å². The van der Waals surface area contributed by atoms with E-state index in [1.807, 2.05) is 0 Å². The highest BCUT2D eigenvalue weighted by atomic mass is 35.5. The van der Waals surface area contributed by atoms with Gasteiger partial charge in [-0.15, -0.1) is 0 Å². The number of sulfonamides is 1. The van der Waals surface area contributed by atoms with E-state index in [1.165, 1.54) is 17.5 Å². The van der Waals surface area contributed by atoms with Crippen LogP contribution in [0.25, 0.3) is 0 Å². The quantitative estimate of drug-likeness (QED) is 0.551. The average molecular weight is 468 g/mol. The Morgan fingerprint density at radius 3 is 2.26 bits per heavy atom. The summed E-state index contributed by atoms with van der Waals surface area (Å²) in [4.78, 5) is 24.4. The topological polar surface area (TPSA) is 105 Å². The monoisotopic (exact) mass is 467 g/mol. The molecule has 10 heteroatoms. The summed E-state index contributed by atoms with van der Waals surface area (Å²) in [5.41, 5.74) is 1.12. The van der Waals surface area contributed by atoms with E-state index < -0.39 is 21.8 Å². The number of ether oxygens (including phenoxy) is 1. The van der Waals surface area contributed by atoms with E-state index in [2.05, 4.69) is 10.6 Å². The van der Waals surface area contributed by atoms with Crippen molar-refractivity contribution in [3.8, 4) is 5.75 Å². The fraction of sp³-hybridized carbons (Fsp3) is 0.333. The highest BCUT2D eigenvalue weighted by Crippen LogP contribution is 2.27. The molecule has 2 amide bonds. The van der Waals surface area contributed by atoms with Crippen molar-refractivity contribution in [2.45, 2.75) is 25.2 Å². The SMILES string of the molecule is CCN(CC)S(=O)(=O)c1ccc(CCNC(=O)C(=O)Nc2cc(Cl)ccc2OC)cc1. The minimum absolute atomic E-state index is 0.209. The lowest BCUT2D eigenvalue weighted by atomic mass is 10.1. The maximum absolute atomic E-state index is 12.5. The van der Waals surface area contributed by atoms with Crippen LogP contribution < -0.4 is 15.4 Å². The number of benzene rings is 2. The van der Waals surface area contributed by atoms with Gasteiger partial charge in [-0.25, -0.2) is 8.42 Å². The van der Waals surface area contributed by atoms with Gasteiger partial charge in [-0.1, -0.05) is 37.6 Å². The first-order valence-electron chi connectivity index (χ1n) is 9.74. The van der Waals surface area contributed by atoms with E-state index in [1.54, 1.807) is 50.2 Å². The summed E-state index contributed by atoms with van der Waals surface area (Å²) in [5.74, 6) is -1.27. The largest absolute Gasteiger partial charge is 0.495 e. The van der Waals surface area contributed by atoms with Gasteiger partial charge in [0.05, 0.1) is 17.7 Å². The molecule has 0 saturated carbocycles. The Kier molecular flexibility index (Phi) is 8.85. The zero-order valence-corrected chi connectivity index (χ0v) is 19.2. The Balaban J connectivity index is 1.91. The van der Waals surface area contributed by atoms with Gasteiger partial charge in [0, 0.05) is 24.7 Å². The molecule has 2 aromatic carbocycles. The lowest BCUT2D eigenvalue weighted by Gasteiger charge is -2.18. The van der Waals surface area contributed by atoms with Gasteiger partial charge in [0.2, 0.25) is 10.0 Å². The predicted octanol–water partition coefficient (Wildman–Crippen LogP) is 2.68. The summed E-state index contributed by atoms with van der Waals surface area (Å²) in [5, 5.41) is 5.39. The molecule has 0 aliphatic rings. The van der Waals surface area contributed by atoms with Crippen LogP contribution in [0.3, 0.4) is 0 Å². The summed E-state index contributed by atoms with van der Waals surface area (Å²) in [6.45, 7) is 4.58. The molecular weight excluding hydrogens is 442 g/mol. The molecule has 0 aromatic heterocycles. The van der Waals surface area contributed by atoms with Gasteiger partial charge < -0.3 is 15.4 Å². The average Bonchev–Trinajstić information content (AvgIpc) is 2.75. The predicted molar refractivity (Wildman–Crippen MR) is 120 cm³/mol. The second-order valence-electron chi connectivity index (χ2n) is 6.54. The second-order valence-corrected chi connectivity index (χ2v) is 8.91. The van der Waals surface area contributed by atoms with Crippen LogP contribution in [0.2, 0.25) is 5.02 Å². The third kappa shape index (κ3) is 6.43. The molecule has 2 aromatic rings. The molecular formula is C21H26ClN3O5S. The Labute approximate surface area is 187 Å². The summed E-state index contributed by atoms with van der Waals surface area (Å²) in [7, 11) is -2.07. The normalized spacial score (nSPS) is 11.3. The maximum Gasteiger partial charge on any atom is 0.313 e. The van der Waals surface area contributed by atoms with Gasteiger partial charge in [0.25, 0.3) is 0 Å². The Morgan fingerprint density at radius 2 is 1.68 bits per heavy atom. The minimum atomic E-state index is -3.51. The zero-order chi connectivity index (χ0) is 23.0. The van der Waals surface area contributed by atoms with Crippen molar-refractivity contribution in [3.05, 3.63) is 53.1 Å². The third-order valence-corrected chi connectivity index (χ3v) is 6.88. The first-order valence-corrected chi connectivity index (χ1v) is 11.6. The number of anilines is 1. The molecule has 0 bridgehead atoms. The van der Waals surface area contributed by atoms with E-state index in [9.17, 15) is 18.0 Å². The van der Waals surface area contributed by atoms with Gasteiger partial charge in [0.1, 0.15) is 5.75 Å². The van der Waals surface area contributed by atoms with Crippen molar-refractivity contribution >= 4 is 39.1 Å². The van der Waals surface area contributed by atoms with Crippen LogP contribution in [0.15, 0.2) is 47.4 Å². The highest BCUT2D eigenvalue weighted by molar-refractivity contribution is 7.89. The summed E-state index contributed by atoms with van der Waals surface area (Å²) >= 11 is 5.91. The fourth-order valence-corrected chi connectivity index (χ4v) is 4.53. The number of hydrogen-bond donors (Lipinski definition) is 2. The van der Waals surface area contributed by atoms with Crippen LogP contribution in [0.4, 0.5) is 5.69 Å². The number of nitrogens with zero attached hydrogens (tertiary/aromatic N) is 1. The molecule has 2 rings (SSSR count). The molecule has 31 heavy (non-hydrogen) atoms. The number of hydrogen-bond acceptors (Lipinski definition) is 5. The first kappa shape index (κ1) is 24.6. The van der Waals surface area contributed by atoms with Crippen molar-refractivity contribution in [3.63, 3.8) is 0 Å². The molecule has 0 spiro atoms. The molecule has 0 aliphatic heterocycles. The standard InChI is InChI=1S/C21H26ClN3O5S/c1-4-25(5-2)31(28,29)17-9-6-15(7-10-17)12-13-23-20(26)21(27)24-18-14-16(22)8-11-19(18)30-3/h6-11,14H,4-5,12-13H2,1-3H3,(H,23,26)(H,24,27). The maximum atomic E-state index is 12.5. The smallest absolute Gasteiger partial charge is 0.313 e. The lowest BCUT2D eigenvalue weighted by Crippen LogP contribution is -2.36. The minimum Gasteiger partial charge on any atom is -0.495 e. The number of amides is 2. The van der Waals surface area contributed by atoms with Gasteiger partial charge in [-0.2, -0.15) is 4.31 Å². The van der Waals surface area contributed by atoms with Crippen LogP contribution in [-0.4, -0.2) is 51.3 Å². The summed E-state index contributed by atoms with van der Waals surface area (Å²) < 4.78 is 31.5. The highest BCUT2D eigenvalue weighted by Gasteiger charge is 2.21. The third-order valence-electron chi connectivity index (χ3n) is 4.58. The number of rotatable bonds is 9. The molecule has 0 heterocycles. The second kappa shape index (κ2) is 11.1. The molecule has 168 valence electrons. The van der Waals surface area contributed by atoms with Crippen molar-refractivity contribution in [1.82, 2.24) is 9.62 Å². The van der Waals surface area contributed by atoms with Crippen LogP contribution in [-0.2, 0) is 26.0 Å². The van der Waals surface area contributed by atoms with Crippen LogP contribution in [0, 0.1) is 0 Å². The lowest BCUT2D eigenvalue weighted by molar-refractivity contribution is -0.136. The molecule has 2 N–H and O–H groups in total. The fourth-order valence-electron chi connectivity index (χ4n) is 2.90. The van der Waals surface area contributed by atoms with E-state index in [-0.39, 0.29) is 11.4 Å². The van der Waals surface area contributed by atoms with E-state index in [0.29, 0.717) is 36.0 Å². The number of halogens is 1. The van der Waals surface area contributed by atoms with Crippen molar-refractivity contribution in [1.29, 1.82) is 0 Å². The van der Waals surface area contributed by atoms with E-state index in [4.69, 9.17) is 16.3 Å². The first-order chi connectivity index (χ1) is 14.7. The molecule has 0 aliphatic carbocycles. The van der Waals surface area contributed by atoms with E-state index >= 15 is 0 Å². The summed E-state index contributed by atoms with van der Waals surface area (Å²) in [6.07, 6.45) is 0.436. The molecule has 0 radical (unpaired) electrons. The number of carbonyl (C=O) groups excluding carboxylic acids is 2. The number of methoxy groups -OCH3 is 1. The Morgan fingerprint density at radius 1 is 1.03 bits per heavy atom. The molecule has 0 atom stereocenters. The van der Waals surface area contributed by atoms with E-state index in [0.717, 1.165) is 5.56 Å². The van der Waals surface area contributed by atoms with Gasteiger partial charge >= 0.3 is 11.8 Å². The molecule has 0 unspecified atom stereocenters. The number of nitrogens with one attached hydrogen (secondary N) is 2. The van der Waals surface area contributed by atoms with Gasteiger partial charge in [0.15, 0.2) is 0 Å². The molecule has 0 fully saturated rings. The van der Waals surface area contributed by atoms with Crippen molar-refractivity contribution < 1.29 is 22.7 Å². The molecule has 8 nitrogen and oxygen atoms in total. The zero-order valence-electron chi connectivity index (χ0n) is 17.6. The molecule has 0 saturated heterocycles.